The number of carbonyl (C=O) groups excluding carboxylic acids is 4. The summed E-state index contributed by atoms with van der Waals surface area (Å²) in [4.78, 5) is 50.8. The predicted octanol–water partition coefficient (Wildman–Crippen LogP) is 2.45. The molecule has 1 aliphatic heterocycles. The smallest absolute Gasteiger partial charge is 0.408 e. The fraction of sp³-hybridized carbons (Fsp3) is 0.500. The van der Waals surface area contributed by atoms with Crippen molar-refractivity contribution in [1.82, 2.24) is 21.1 Å². The third-order valence-corrected chi connectivity index (χ3v) is 5.92. The Balaban J connectivity index is 1.64. The molecule has 2 heterocycles. The van der Waals surface area contributed by atoms with Crippen LogP contribution < -0.4 is 16.0 Å². The first kappa shape index (κ1) is 26.9. The maximum absolute atomic E-state index is 13.2. The zero-order valence-electron chi connectivity index (χ0n) is 20.7. The first-order valence-electron chi connectivity index (χ1n) is 12.4. The molecule has 0 saturated heterocycles. The van der Waals surface area contributed by atoms with Gasteiger partial charge in [0, 0.05) is 18.5 Å². The maximum atomic E-state index is 13.2. The molecular formula is C26H34N4O6. The summed E-state index contributed by atoms with van der Waals surface area (Å²) in [5.41, 5.74) is 1.78. The van der Waals surface area contributed by atoms with Gasteiger partial charge in [0.1, 0.15) is 18.4 Å². The molecule has 3 N–H and O–H groups in total. The van der Waals surface area contributed by atoms with Crippen LogP contribution in [0.15, 0.2) is 41.1 Å². The number of nitrogens with one attached hydrogen (secondary N) is 3. The zero-order valence-corrected chi connectivity index (χ0v) is 20.7. The number of benzene rings is 1. The van der Waals surface area contributed by atoms with Gasteiger partial charge in [-0.25, -0.2) is 4.79 Å². The number of Topliss-reactive ketones (excluding diaryl/α,β-unsaturated/α-hetero) is 1. The van der Waals surface area contributed by atoms with Gasteiger partial charge in [-0.2, -0.15) is 0 Å². The van der Waals surface area contributed by atoms with Crippen LogP contribution in [-0.4, -0.2) is 47.5 Å². The lowest BCUT2D eigenvalue weighted by atomic mass is 9.98. The number of rotatable bonds is 7. The van der Waals surface area contributed by atoms with Crippen LogP contribution in [0.1, 0.15) is 56.4 Å². The average Bonchev–Trinajstić information content (AvgIpc) is 3.30. The second-order valence-electron chi connectivity index (χ2n) is 9.34. The number of hydrogen-bond acceptors (Lipinski definition) is 7. The summed E-state index contributed by atoms with van der Waals surface area (Å²) >= 11 is 0. The number of alkyl carbamates (subject to hydrolysis) is 1. The Morgan fingerprint density at radius 1 is 1.17 bits per heavy atom. The number of ether oxygens (including phenoxy) is 1. The number of fused-ring (bicyclic) bond motifs is 1. The van der Waals surface area contributed by atoms with Gasteiger partial charge in [0.2, 0.25) is 11.7 Å². The molecule has 2 unspecified atom stereocenters. The average molecular weight is 499 g/mol. The molecule has 3 rings (SSSR count). The number of amides is 3. The van der Waals surface area contributed by atoms with Gasteiger partial charge in [-0.15, -0.1) is 0 Å². The Labute approximate surface area is 210 Å². The topological polar surface area (TPSA) is 140 Å². The van der Waals surface area contributed by atoms with Crippen molar-refractivity contribution in [3.8, 4) is 0 Å². The highest BCUT2D eigenvalue weighted by Crippen LogP contribution is 2.16. The molecule has 10 heteroatoms. The first-order chi connectivity index (χ1) is 17.3. The van der Waals surface area contributed by atoms with Crippen LogP contribution in [0, 0.1) is 5.92 Å². The van der Waals surface area contributed by atoms with Crippen molar-refractivity contribution in [2.24, 2.45) is 5.92 Å². The van der Waals surface area contributed by atoms with Gasteiger partial charge >= 0.3 is 6.09 Å². The van der Waals surface area contributed by atoms with E-state index in [2.05, 4.69) is 21.1 Å². The molecule has 3 amide bonds. The number of carbonyl (C=O) groups is 4. The molecule has 194 valence electrons. The summed E-state index contributed by atoms with van der Waals surface area (Å²) in [5, 5.41) is 11.8. The predicted molar refractivity (Wildman–Crippen MR) is 131 cm³/mol. The number of aromatic nitrogens is 1. The van der Waals surface area contributed by atoms with E-state index < -0.39 is 35.8 Å². The molecule has 0 saturated carbocycles. The molecule has 10 nitrogen and oxygen atoms in total. The van der Waals surface area contributed by atoms with Crippen LogP contribution in [0.2, 0.25) is 0 Å². The molecule has 2 aromatic rings. The van der Waals surface area contributed by atoms with Crippen LogP contribution in [-0.2, 0) is 38.6 Å². The summed E-state index contributed by atoms with van der Waals surface area (Å²) in [7, 11) is 0. The molecule has 36 heavy (non-hydrogen) atoms. The van der Waals surface area contributed by atoms with Gasteiger partial charge < -0.3 is 25.2 Å². The standard InChI is InChI=1S/C26H34N4O6/c1-17(2)14-21(30-26(34)35-16-18-8-4-3-5-9-18)24(32)29-20-11-6-10-19-15-28-36-22(19)12-7-13-27-25(33)23(20)31/h3-5,8-9,15,17,20-21H,6-7,10-14,16H2,1-2H3,(H,27,33)(H,29,32)(H,30,34). The molecule has 0 aliphatic carbocycles. The molecule has 0 bridgehead atoms. The Morgan fingerprint density at radius 2 is 1.94 bits per heavy atom. The molecule has 0 spiro atoms. The largest absolute Gasteiger partial charge is 0.445 e. The Hall–Kier alpha value is -3.69. The Morgan fingerprint density at radius 3 is 2.69 bits per heavy atom. The quantitative estimate of drug-likeness (QED) is 0.498. The van der Waals surface area contributed by atoms with Crippen LogP contribution >= 0.6 is 0 Å². The van der Waals surface area contributed by atoms with Crippen molar-refractivity contribution in [2.45, 2.75) is 71.1 Å². The molecule has 1 aromatic carbocycles. The molecule has 0 radical (unpaired) electrons. The third kappa shape index (κ3) is 8.21. The summed E-state index contributed by atoms with van der Waals surface area (Å²) in [6, 6.07) is 7.26. The molecule has 2 atom stereocenters. The maximum Gasteiger partial charge on any atom is 0.408 e. The second kappa shape index (κ2) is 13.4. The van der Waals surface area contributed by atoms with Gasteiger partial charge in [0.05, 0.1) is 12.2 Å². The lowest BCUT2D eigenvalue weighted by Gasteiger charge is -2.24. The minimum absolute atomic E-state index is 0.0643. The van der Waals surface area contributed by atoms with E-state index in [1.165, 1.54) is 0 Å². The summed E-state index contributed by atoms with van der Waals surface area (Å²) in [5.74, 6) is -1.13. The highest BCUT2D eigenvalue weighted by molar-refractivity contribution is 6.38. The van der Waals surface area contributed by atoms with Gasteiger partial charge in [-0.05, 0) is 43.6 Å². The minimum Gasteiger partial charge on any atom is -0.445 e. The molecule has 1 aliphatic rings. The minimum atomic E-state index is -1.02. The van der Waals surface area contributed by atoms with Crippen LogP contribution in [0.4, 0.5) is 4.79 Å². The van der Waals surface area contributed by atoms with Gasteiger partial charge in [0.25, 0.3) is 5.91 Å². The van der Waals surface area contributed by atoms with E-state index in [9.17, 15) is 19.2 Å². The summed E-state index contributed by atoms with van der Waals surface area (Å²) in [6.45, 7) is 4.20. The normalized spacial score (nSPS) is 17.7. The molecular weight excluding hydrogens is 464 g/mol. The fourth-order valence-electron chi connectivity index (χ4n) is 4.04. The van der Waals surface area contributed by atoms with E-state index in [1.54, 1.807) is 6.20 Å². The van der Waals surface area contributed by atoms with Gasteiger partial charge in [-0.3, -0.25) is 14.4 Å². The van der Waals surface area contributed by atoms with E-state index in [1.807, 2.05) is 44.2 Å². The molecule has 1 aromatic heterocycles. The number of hydrogen-bond donors (Lipinski definition) is 3. The lowest BCUT2D eigenvalue weighted by molar-refractivity contribution is -0.140. The van der Waals surface area contributed by atoms with Crippen molar-refractivity contribution >= 4 is 23.7 Å². The Bertz CT molecular complexity index is 1040. The van der Waals surface area contributed by atoms with Crippen molar-refractivity contribution in [3.05, 3.63) is 53.4 Å². The monoisotopic (exact) mass is 498 g/mol. The van der Waals surface area contributed by atoms with Crippen molar-refractivity contribution in [2.75, 3.05) is 6.54 Å². The summed E-state index contributed by atoms with van der Waals surface area (Å²) in [6.07, 6.45) is 3.90. The lowest BCUT2D eigenvalue weighted by Crippen LogP contribution is -2.54. The van der Waals surface area contributed by atoms with Crippen LogP contribution in [0.5, 0.6) is 0 Å². The number of aryl methyl sites for hydroxylation is 2. The highest BCUT2D eigenvalue weighted by atomic mass is 16.5. The van der Waals surface area contributed by atoms with Gasteiger partial charge in [-0.1, -0.05) is 49.3 Å². The van der Waals surface area contributed by atoms with E-state index >= 15 is 0 Å². The fourth-order valence-corrected chi connectivity index (χ4v) is 4.04. The number of ketones is 1. The van der Waals surface area contributed by atoms with Gasteiger partial charge in [0.15, 0.2) is 0 Å². The van der Waals surface area contributed by atoms with E-state index in [0.717, 1.165) is 16.9 Å². The van der Waals surface area contributed by atoms with Crippen LogP contribution in [0.3, 0.4) is 0 Å². The van der Waals surface area contributed by atoms with E-state index in [0.29, 0.717) is 38.6 Å². The molecule has 0 fully saturated rings. The van der Waals surface area contributed by atoms with Crippen molar-refractivity contribution in [1.29, 1.82) is 0 Å². The number of nitrogens with zero attached hydrogens (tertiary/aromatic N) is 1. The first-order valence-corrected chi connectivity index (χ1v) is 12.4. The zero-order chi connectivity index (χ0) is 25.9. The summed E-state index contributed by atoms with van der Waals surface area (Å²) < 4.78 is 10.6. The van der Waals surface area contributed by atoms with E-state index in [4.69, 9.17) is 9.26 Å². The van der Waals surface area contributed by atoms with Crippen molar-refractivity contribution < 1.29 is 28.4 Å². The van der Waals surface area contributed by atoms with E-state index in [-0.39, 0.29) is 18.9 Å². The highest BCUT2D eigenvalue weighted by Gasteiger charge is 2.31. The second-order valence-corrected chi connectivity index (χ2v) is 9.34. The SMILES string of the molecule is CC(C)CC(NC(=O)OCc1ccccc1)C(=O)NC1CCCc2cnoc2CCCNC(=O)C1=O. The Kier molecular flexibility index (Phi) is 10.0. The van der Waals surface area contributed by atoms with Crippen LogP contribution in [0.25, 0.3) is 0 Å². The van der Waals surface area contributed by atoms with Crippen molar-refractivity contribution in [3.63, 3.8) is 0 Å². The third-order valence-electron chi connectivity index (χ3n) is 5.92.